The lowest BCUT2D eigenvalue weighted by Gasteiger charge is -2.38. The van der Waals surface area contributed by atoms with Crippen LogP contribution in [0.3, 0.4) is 0 Å². The molecule has 24 heavy (non-hydrogen) atoms. The van der Waals surface area contributed by atoms with Crippen molar-refractivity contribution in [1.82, 2.24) is 5.32 Å². The van der Waals surface area contributed by atoms with Gasteiger partial charge in [-0.3, -0.25) is 5.32 Å². The van der Waals surface area contributed by atoms with Gasteiger partial charge in [-0.15, -0.1) is 0 Å². The zero-order valence-corrected chi connectivity index (χ0v) is 15.8. The summed E-state index contributed by atoms with van der Waals surface area (Å²) in [6.07, 6.45) is 14.1. The maximum Gasteiger partial charge on any atom is 0.108 e. The van der Waals surface area contributed by atoms with Crippen LogP contribution >= 0.6 is 0 Å². The molecule has 3 unspecified atom stereocenters. The smallest absolute Gasteiger partial charge is 0.108 e. The van der Waals surface area contributed by atoms with E-state index in [1.165, 1.54) is 43.3 Å². The molecule has 0 radical (unpaired) electrons. The number of aliphatic hydroxyl groups excluding tert-OH is 2. The zero-order valence-electron chi connectivity index (χ0n) is 15.8. The summed E-state index contributed by atoms with van der Waals surface area (Å²) in [5, 5.41) is 23.1. The normalized spacial score (nSPS) is 29.2. The molecular formula is C21H37NO2. The second-order valence-electron chi connectivity index (χ2n) is 7.82. The van der Waals surface area contributed by atoms with Crippen molar-refractivity contribution >= 4 is 0 Å². The van der Waals surface area contributed by atoms with Crippen LogP contribution in [0.5, 0.6) is 0 Å². The van der Waals surface area contributed by atoms with E-state index in [0.717, 1.165) is 25.2 Å². The van der Waals surface area contributed by atoms with Crippen LogP contribution < -0.4 is 5.32 Å². The standard InChI is InChI=1S/C21H37NO2/c1-4-16(5-2)18-11-19(17-9-7-6-8-10-17)13-20(12-18)21(24)22-15(3)14-23/h4,11,15,17,19-24H,5-10,12-14H2,1-3H3/b16-4+/t15-,19?,20?,21?/m0/s1. The summed E-state index contributed by atoms with van der Waals surface area (Å²) in [6, 6.07) is -0.0603. The molecule has 2 rings (SSSR count). The van der Waals surface area contributed by atoms with Crippen molar-refractivity contribution in [3.8, 4) is 0 Å². The van der Waals surface area contributed by atoms with Gasteiger partial charge in [-0.05, 0) is 68.9 Å². The molecule has 138 valence electrons. The summed E-state index contributed by atoms with van der Waals surface area (Å²) in [4.78, 5) is 0. The van der Waals surface area contributed by atoms with Crippen molar-refractivity contribution in [1.29, 1.82) is 0 Å². The lowest BCUT2D eigenvalue weighted by atomic mass is 9.70. The van der Waals surface area contributed by atoms with Crippen LogP contribution in [-0.2, 0) is 0 Å². The molecule has 3 N–H and O–H groups in total. The molecule has 0 aromatic carbocycles. The van der Waals surface area contributed by atoms with Gasteiger partial charge >= 0.3 is 0 Å². The molecular weight excluding hydrogens is 298 g/mol. The molecule has 0 amide bonds. The summed E-state index contributed by atoms with van der Waals surface area (Å²) in [5.74, 6) is 1.63. The first-order valence-corrected chi connectivity index (χ1v) is 10.00. The van der Waals surface area contributed by atoms with Gasteiger partial charge in [0.1, 0.15) is 6.23 Å². The van der Waals surface area contributed by atoms with Gasteiger partial charge in [0.05, 0.1) is 6.61 Å². The molecule has 3 heteroatoms. The van der Waals surface area contributed by atoms with E-state index in [-0.39, 0.29) is 18.6 Å². The molecule has 3 nitrogen and oxygen atoms in total. The Balaban J connectivity index is 2.15. The minimum Gasteiger partial charge on any atom is -0.395 e. The second-order valence-corrected chi connectivity index (χ2v) is 7.82. The number of nitrogens with one attached hydrogen (secondary N) is 1. The van der Waals surface area contributed by atoms with Crippen molar-refractivity contribution in [3.05, 3.63) is 23.3 Å². The Kier molecular flexibility index (Phi) is 7.99. The Hall–Kier alpha value is -0.640. The van der Waals surface area contributed by atoms with Crippen LogP contribution in [0.15, 0.2) is 23.3 Å². The summed E-state index contributed by atoms with van der Waals surface area (Å²) in [5.41, 5.74) is 2.88. The van der Waals surface area contributed by atoms with Crippen molar-refractivity contribution < 1.29 is 10.2 Å². The molecule has 0 aromatic rings. The van der Waals surface area contributed by atoms with E-state index in [2.05, 4.69) is 31.3 Å². The first-order chi connectivity index (χ1) is 11.6. The molecule has 0 heterocycles. The average molecular weight is 336 g/mol. The summed E-state index contributed by atoms with van der Waals surface area (Å²) < 4.78 is 0. The van der Waals surface area contributed by atoms with Crippen LogP contribution in [-0.4, -0.2) is 29.1 Å². The molecule has 0 aliphatic heterocycles. The fourth-order valence-corrected chi connectivity index (χ4v) is 4.58. The van der Waals surface area contributed by atoms with E-state index >= 15 is 0 Å². The molecule has 0 aromatic heterocycles. The van der Waals surface area contributed by atoms with Gasteiger partial charge in [-0.25, -0.2) is 0 Å². The molecule has 1 fully saturated rings. The molecule has 0 spiro atoms. The topological polar surface area (TPSA) is 52.5 Å². The van der Waals surface area contributed by atoms with Gasteiger partial charge in [-0.2, -0.15) is 0 Å². The van der Waals surface area contributed by atoms with E-state index in [1.54, 1.807) is 0 Å². The van der Waals surface area contributed by atoms with E-state index in [1.807, 2.05) is 6.92 Å². The maximum absolute atomic E-state index is 10.7. The third-order valence-electron chi connectivity index (χ3n) is 6.05. The van der Waals surface area contributed by atoms with Crippen LogP contribution in [0.2, 0.25) is 0 Å². The fraction of sp³-hybridized carbons (Fsp3) is 0.810. The first kappa shape index (κ1) is 19.7. The van der Waals surface area contributed by atoms with Crippen LogP contribution in [0.25, 0.3) is 0 Å². The Morgan fingerprint density at radius 1 is 1.33 bits per heavy atom. The number of hydrogen-bond donors (Lipinski definition) is 3. The predicted octanol–water partition coefficient (Wildman–Crippen LogP) is 4.16. The molecule has 2 aliphatic carbocycles. The van der Waals surface area contributed by atoms with Crippen molar-refractivity contribution in [3.63, 3.8) is 0 Å². The van der Waals surface area contributed by atoms with Crippen LogP contribution in [0.4, 0.5) is 0 Å². The lowest BCUT2D eigenvalue weighted by molar-refractivity contribution is 0.0381. The quantitative estimate of drug-likeness (QED) is 0.612. The molecule has 2 aliphatic rings. The van der Waals surface area contributed by atoms with Gasteiger partial charge in [-0.1, -0.05) is 38.3 Å². The zero-order chi connectivity index (χ0) is 17.5. The highest BCUT2D eigenvalue weighted by atomic mass is 16.3. The Morgan fingerprint density at radius 2 is 2.04 bits per heavy atom. The van der Waals surface area contributed by atoms with Gasteiger partial charge < -0.3 is 10.2 Å². The largest absolute Gasteiger partial charge is 0.395 e. The van der Waals surface area contributed by atoms with Crippen molar-refractivity contribution in [2.45, 2.75) is 84.4 Å². The number of allylic oxidation sites excluding steroid dienone is 4. The highest BCUT2D eigenvalue weighted by molar-refractivity contribution is 5.33. The van der Waals surface area contributed by atoms with Crippen LogP contribution in [0.1, 0.15) is 72.1 Å². The van der Waals surface area contributed by atoms with Crippen molar-refractivity contribution in [2.24, 2.45) is 17.8 Å². The first-order valence-electron chi connectivity index (χ1n) is 10.00. The third kappa shape index (κ3) is 5.18. The van der Waals surface area contributed by atoms with E-state index in [4.69, 9.17) is 0 Å². The van der Waals surface area contributed by atoms with E-state index < -0.39 is 6.23 Å². The van der Waals surface area contributed by atoms with Crippen LogP contribution in [0, 0.1) is 17.8 Å². The molecule has 4 atom stereocenters. The van der Waals surface area contributed by atoms with Gasteiger partial charge in [0.2, 0.25) is 0 Å². The van der Waals surface area contributed by atoms with Gasteiger partial charge in [0.15, 0.2) is 0 Å². The fourth-order valence-electron chi connectivity index (χ4n) is 4.58. The minimum atomic E-state index is -0.531. The molecule has 0 bridgehead atoms. The second kappa shape index (κ2) is 9.74. The number of rotatable bonds is 7. The number of aliphatic hydroxyl groups is 2. The third-order valence-corrected chi connectivity index (χ3v) is 6.05. The lowest BCUT2D eigenvalue weighted by Crippen LogP contribution is -2.44. The maximum atomic E-state index is 10.7. The Morgan fingerprint density at radius 3 is 2.62 bits per heavy atom. The minimum absolute atomic E-state index is 0.0603. The SMILES string of the molecule is C/C=C(\CC)C1=CC(C2CCCCC2)CC(C(O)N[C@@H](C)CO)C1. The number of hydrogen-bond acceptors (Lipinski definition) is 3. The summed E-state index contributed by atoms with van der Waals surface area (Å²) in [6.45, 7) is 6.33. The predicted molar refractivity (Wildman–Crippen MR) is 101 cm³/mol. The van der Waals surface area contributed by atoms with Gasteiger partial charge in [0, 0.05) is 12.0 Å². The monoisotopic (exact) mass is 335 g/mol. The Bertz CT molecular complexity index is 437. The molecule has 0 saturated heterocycles. The molecule has 1 saturated carbocycles. The van der Waals surface area contributed by atoms with E-state index in [0.29, 0.717) is 5.92 Å². The summed E-state index contributed by atoms with van der Waals surface area (Å²) in [7, 11) is 0. The van der Waals surface area contributed by atoms with E-state index in [9.17, 15) is 10.2 Å². The Labute approximate surface area is 148 Å². The highest BCUT2D eigenvalue weighted by Crippen LogP contribution is 2.41. The highest BCUT2D eigenvalue weighted by Gasteiger charge is 2.33. The van der Waals surface area contributed by atoms with Crippen molar-refractivity contribution in [2.75, 3.05) is 6.61 Å². The average Bonchev–Trinajstić information content (AvgIpc) is 2.63. The van der Waals surface area contributed by atoms with Gasteiger partial charge in [0.25, 0.3) is 0 Å². The summed E-state index contributed by atoms with van der Waals surface area (Å²) >= 11 is 0.